The maximum Gasteiger partial charge on any atom is 0.308 e. The summed E-state index contributed by atoms with van der Waals surface area (Å²) in [6, 6.07) is 9.40. The first kappa shape index (κ1) is 14.1. The van der Waals surface area contributed by atoms with Crippen molar-refractivity contribution in [2.45, 2.75) is 20.3 Å². The quantitative estimate of drug-likeness (QED) is 0.931. The van der Waals surface area contributed by atoms with Crippen LogP contribution in [0.25, 0.3) is 11.3 Å². The van der Waals surface area contributed by atoms with Crippen molar-refractivity contribution in [3.8, 4) is 11.3 Å². The third-order valence-corrected chi connectivity index (χ3v) is 3.53. The van der Waals surface area contributed by atoms with Gasteiger partial charge in [-0.15, -0.1) is 0 Å². The van der Waals surface area contributed by atoms with Crippen molar-refractivity contribution in [1.82, 2.24) is 4.57 Å². The summed E-state index contributed by atoms with van der Waals surface area (Å²) in [5.41, 5.74) is 4.13. The van der Waals surface area contributed by atoms with Crippen LogP contribution in [0.5, 0.6) is 0 Å². The van der Waals surface area contributed by atoms with E-state index in [1.807, 2.05) is 32.0 Å². The molecule has 1 N–H and O–H groups in total. The number of hydrogen-bond acceptors (Lipinski definition) is 2. The van der Waals surface area contributed by atoms with E-state index in [1.54, 1.807) is 19.2 Å². The molecule has 0 aliphatic carbocycles. The van der Waals surface area contributed by atoms with Gasteiger partial charge in [0.2, 0.25) is 0 Å². The fourth-order valence-electron chi connectivity index (χ4n) is 2.18. The Morgan fingerprint density at radius 2 is 1.85 bits per heavy atom. The van der Waals surface area contributed by atoms with Gasteiger partial charge in [0.05, 0.1) is 12.1 Å². The molecule has 0 aliphatic rings. The molecular weight excluding hydrogens is 254 g/mol. The van der Waals surface area contributed by atoms with Gasteiger partial charge in [0.15, 0.2) is 0 Å². The van der Waals surface area contributed by atoms with Gasteiger partial charge >= 0.3 is 5.97 Å². The minimum absolute atomic E-state index is 0.250. The Labute approximate surface area is 117 Å². The van der Waals surface area contributed by atoms with Crippen molar-refractivity contribution in [3.63, 3.8) is 0 Å². The maximum atomic E-state index is 12.1. The molecule has 0 bridgehead atoms. The van der Waals surface area contributed by atoms with Crippen LogP contribution in [-0.4, -0.2) is 15.6 Å². The van der Waals surface area contributed by atoms with Crippen LogP contribution >= 0.6 is 0 Å². The standard InChI is InChI=1S/C16H17NO3/c1-10-4-5-12(8-11(10)2)14-7-6-13(9-15(18)19)16(20)17(14)3/h4-8H,9H2,1-3H3,(H,18,19). The first-order valence-electron chi connectivity index (χ1n) is 6.38. The molecule has 4 nitrogen and oxygen atoms in total. The van der Waals surface area contributed by atoms with Crippen molar-refractivity contribution in [1.29, 1.82) is 0 Å². The minimum Gasteiger partial charge on any atom is -0.481 e. The number of pyridine rings is 1. The van der Waals surface area contributed by atoms with Crippen LogP contribution in [0.1, 0.15) is 16.7 Å². The molecule has 0 fully saturated rings. The van der Waals surface area contributed by atoms with Gasteiger partial charge in [0.1, 0.15) is 0 Å². The molecule has 0 atom stereocenters. The molecule has 2 rings (SSSR count). The Hall–Kier alpha value is -2.36. The highest BCUT2D eigenvalue weighted by molar-refractivity contribution is 5.70. The predicted molar refractivity (Wildman–Crippen MR) is 77.9 cm³/mol. The van der Waals surface area contributed by atoms with E-state index in [9.17, 15) is 9.59 Å². The zero-order valence-electron chi connectivity index (χ0n) is 11.8. The van der Waals surface area contributed by atoms with Gasteiger partial charge in [-0.3, -0.25) is 9.59 Å². The van der Waals surface area contributed by atoms with Crippen molar-refractivity contribution in [2.75, 3.05) is 0 Å². The van der Waals surface area contributed by atoms with Crippen LogP contribution in [0.4, 0.5) is 0 Å². The first-order valence-corrected chi connectivity index (χ1v) is 6.38. The van der Waals surface area contributed by atoms with Crippen LogP contribution in [0.15, 0.2) is 35.1 Å². The van der Waals surface area contributed by atoms with Gasteiger partial charge in [0.25, 0.3) is 5.56 Å². The number of aryl methyl sites for hydroxylation is 2. The summed E-state index contributed by atoms with van der Waals surface area (Å²) in [5, 5.41) is 8.79. The van der Waals surface area contributed by atoms with Gasteiger partial charge in [-0.2, -0.15) is 0 Å². The van der Waals surface area contributed by atoms with E-state index in [0.717, 1.165) is 16.8 Å². The molecule has 20 heavy (non-hydrogen) atoms. The summed E-state index contributed by atoms with van der Waals surface area (Å²) in [4.78, 5) is 22.9. The van der Waals surface area contributed by atoms with Gasteiger partial charge < -0.3 is 9.67 Å². The fourth-order valence-corrected chi connectivity index (χ4v) is 2.18. The Kier molecular flexibility index (Phi) is 3.74. The molecule has 0 amide bonds. The fraction of sp³-hybridized carbons (Fsp3) is 0.250. The lowest BCUT2D eigenvalue weighted by Crippen LogP contribution is -2.24. The lowest BCUT2D eigenvalue weighted by atomic mass is 10.0. The minimum atomic E-state index is -0.999. The summed E-state index contributed by atoms with van der Waals surface area (Å²) < 4.78 is 1.50. The average molecular weight is 271 g/mol. The Morgan fingerprint density at radius 3 is 2.45 bits per heavy atom. The topological polar surface area (TPSA) is 59.3 Å². The van der Waals surface area contributed by atoms with E-state index in [4.69, 9.17) is 5.11 Å². The van der Waals surface area contributed by atoms with Gasteiger partial charge in [-0.1, -0.05) is 18.2 Å². The second-order valence-electron chi connectivity index (χ2n) is 4.98. The number of aromatic nitrogens is 1. The molecule has 2 aromatic rings. The van der Waals surface area contributed by atoms with Crippen LogP contribution in [-0.2, 0) is 18.3 Å². The second kappa shape index (κ2) is 5.33. The predicted octanol–water partition coefficient (Wildman–Crippen LogP) is 2.30. The van der Waals surface area contributed by atoms with Crippen molar-refractivity contribution >= 4 is 5.97 Å². The van der Waals surface area contributed by atoms with Crippen LogP contribution in [0, 0.1) is 13.8 Å². The zero-order chi connectivity index (χ0) is 14.9. The molecule has 1 aromatic heterocycles. The molecule has 4 heteroatoms. The number of carbonyl (C=O) groups is 1. The molecule has 104 valence electrons. The zero-order valence-corrected chi connectivity index (χ0v) is 11.8. The smallest absolute Gasteiger partial charge is 0.308 e. The van der Waals surface area contributed by atoms with E-state index in [0.29, 0.717) is 5.56 Å². The summed E-state index contributed by atoms with van der Waals surface area (Å²) in [5.74, 6) is -0.999. The number of nitrogens with zero attached hydrogens (tertiary/aromatic N) is 1. The molecule has 0 saturated carbocycles. The summed E-state index contributed by atoms with van der Waals surface area (Å²) in [7, 11) is 1.66. The largest absolute Gasteiger partial charge is 0.481 e. The van der Waals surface area contributed by atoms with Crippen LogP contribution < -0.4 is 5.56 Å². The van der Waals surface area contributed by atoms with Crippen LogP contribution in [0.2, 0.25) is 0 Å². The third kappa shape index (κ3) is 2.64. The Morgan fingerprint density at radius 1 is 1.15 bits per heavy atom. The Balaban J connectivity index is 2.53. The average Bonchev–Trinajstić information content (AvgIpc) is 2.38. The van der Waals surface area contributed by atoms with E-state index in [2.05, 4.69) is 0 Å². The third-order valence-electron chi connectivity index (χ3n) is 3.53. The number of carboxylic acid groups (broad SMARTS) is 1. The molecule has 0 saturated heterocycles. The van der Waals surface area contributed by atoms with Crippen LogP contribution in [0.3, 0.4) is 0 Å². The summed E-state index contributed by atoms with van der Waals surface area (Å²) >= 11 is 0. The normalized spacial score (nSPS) is 10.6. The number of carboxylic acids is 1. The van der Waals surface area contributed by atoms with E-state index in [1.165, 1.54) is 10.1 Å². The number of hydrogen-bond donors (Lipinski definition) is 1. The molecule has 0 spiro atoms. The lowest BCUT2D eigenvalue weighted by molar-refractivity contribution is -0.136. The van der Waals surface area contributed by atoms with E-state index >= 15 is 0 Å². The highest BCUT2D eigenvalue weighted by atomic mass is 16.4. The monoisotopic (exact) mass is 271 g/mol. The van der Waals surface area contributed by atoms with Gasteiger partial charge in [-0.05, 0) is 42.7 Å². The number of aliphatic carboxylic acids is 1. The molecule has 0 unspecified atom stereocenters. The SMILES string of the molecule is Cc1ccc(-c2ccc(CC(=O)O)c(=O)n2C)cc1C. The highest BCUT2D eigenvalue weighted by Gasteiger charge is 2.10. The maximum absolute atomic E-state index is 12.1. The molecular formula is C16H17NO3. The van der Waals surface area contributed by atoms with Gasteiger partial charge in [-0.25, -0.2) is 0 Å². The number of rotatable bonds is 3. The molecule has 1 aromatic carbocycles. The lowest BCUT2D eigenvalue weighted by Gasteiger charge is -2.11. The first-order chi connectivity index (χ1) is 9.40. The van der Waals surface area contributed by atoms with Gasteiger partial charge in [0, 0.05) is 12.6 Å². The van der Waals surface area contributed by atoms with E-state index < -0.39 is 5.97 Å². The second-order valence-corrected chi connectivity index (χ2v) is 4.98. The van der Waals surface area contributed by atoms with E-state index in [-0.39, 0.29) is 12.0 Å². The summed E-state index contributed by atoms with van der Waals surface area (Å²) in [6.07, 6.45) is -0.250. The molecule has 0 radical (unpaired) electrons. The molecule has 1 heterocycles. The van der Waals surface area contributed by atoms with Crippen molar-refractivity contribution < 1.29 is 9.90 Å². The van der Waals surface area contributed by atoms with Crippen molar-refractivity contribution in [3.05, 3.63) is 57.4 Å². The summed E-state index contributed by atoms with van der Waals surface area (Å²) in [6.45, 7) is 4.06. The number of benzene rings is 1. The molecule has 0 aliphatic heterocycles. The van der Waals surface area contributed by atoms with Crippen molar-refractivity contribution in [2.24, 2.45) is 7.05 Å². The Bertz CT molecular complexity index is 729. The highest BCUT2D eigenvalue weighted by Crippen LogP contribution is 2.21.